The molecular formula is C38H58N6O7S. The Balaban J connectivity index is 1.62. The van der Waals surface area contributed by atoms with E-state index >= 15 is 0 Å². The Kier molecular flexibility index (Phi) is 13.4. The van der Waals surface area contributed by atoms with Crippen molar-refractivity contribution in [1.82, 2.24) is 30.6 Å². The smallest absolute Gasteiger partial charge is 0.289 e. The van der Waals surface area contributed by atoms with Crippen LogP contribution in [-0.4, -0.2) is 85.0 Å². The van der Waals surface area contributed by atoms with E-state index in [4.69, 9.17) is 0 Å². The number of carbonyl (C=O) groups is 5. The summed E-state index contributed by atoms with van der Waals surface area (Å²) in [7, 11) is -4.20. The van der Waals surface area contributed by atoms with Crippen LogP contribution in [0.1, 0.15) is 99.3 Å². The van der Waals surface area contributed by atoms with Gasteiger partial charge < -0.3 is 20.9 Å². The highest BCUT2D eigenvalue weighted by Crippen LogP contribution is 2.40. The standard InChI is InChI=1S/C38H58N6O7S/c1-8-20-40-34(47)30(45)27(23-25-15-16-25)41-33(46)29-26(24(2)3)17-22-44(29)36(49)32(37(4,5)6)42-35(48)31(38(7)18-11-9-12-19-38)43-52(50,51)28-14-10-13-21-39-28/h8,10,13-14,21,24-27,29,31-32,43H,1,9,11-12,15-20,22-23H2,2-7H3,(H,40,47)(H,41,46)(H,42,48)/t26-,27?,29+,31-,32-/m1/s1. The van der Waals surface area contributed by atoms with E-state index in [-0.39, 0.29) is 35.9 Å². The second kappa shape index (κ2) is 17.0. The molecule has 4 N–H and O–H groups in total. The van der Waals surface area contributed by atoms with Crippen LogP contribution in [0.15, 0.2) is 42.1 Å². The number of carbonyl (C=O) groups excluding carboxylic acids is 5. The topological polar surface area (TPSA) is 184 Å². The molecule has 1 unspecified atom stereocenters. The Bertz CT molecular complexity index is 1580. The second-order valence-corrected chi connectivity index (χ2v) is 18.2. The molecule has 4 rings (SSSR count). The van der Waals surface area contributed by atoms with Crippen molar-refractivity contribution in [1.29, 1.82) is 0 Å². The van der Waals surface area contributed by atoms with Crippen molar-refractivity contribution >= 4 is 39.4 Å². The van der Waals surface area contributed by atoms with E-state index in [0.29, 0.717) is 25.7 Å². The van der Waals surface area contributed by atoms with Gasteiger partial charge in [0.15, 0.2) is 5.03 Å². The molecule has 13 nitrogen and oxygen atoms in total. The van der Waals surface area contributed by atoms with Gasteiger partial charge in [0.05, 0.1) is 6.04 Å². The van der Waals surface area contributed by atoms with E-state index in [0.717, 1.165) is 32.1 Å². The number of pyridine rings is 1. The summed E-state index contributed by atoms with van der Waals surface area (Å²) in [5.41, 5.74) is -1.56. The molecule has 52 heavy (non-hydrogen) atoms. The lowest BCUT2D eigenvalue weighted by molar-refractivity contribution is -0.146. The minimum Gasteiger partial charge on any atom is -0.346 e. The maximum Gasteiger partial charge on any atom is 0.289 e. The van der Waals surface area contributed by atoms with Crippen molar-refractivity contribution in [3.05, 3.63) is 37.1 Å². The summed E-state index contributed by atoms with van der Waals surface area (Å²) in [6.07, 6.45) is 9.35. The lowest BCUT2D eigenvalue weighted by Crippen LogP contribution is -2.63. The summed E-state index contributed by atoms with van der Waals surface area (Å²) in [6, 6.07) is 0.215. The predicted octanol–water partition coefficient (Wildman–Crippen LogP) is 3.26. The lowest BCUT2D eigenvalue weighted by atomic mass is 9.70. The maximum atomic E-state index is 14.7. The van der Waals surface area contributed by atoms with Gasteiger partial charge in [0.25, 0.3) is 15.9 Å². The first-order valence-corrected chi connectivity index (χ1v) is 20.2. The third kappa shape index (κ3) is 10.1. The van der Waals surface area contributed by atoms with Gasteiger partial charge in [-0.2, -0.15) is 4.72 Å². The maximum absolute atomic E-state index is 14.7. The van der Waals surface area contributed by atoms with Crippen LogP contribution in [0.3, 0.4) is 0 Å². The average Bonchev–Trinajstić information content (AvgIpc) is 3.80. The van der Waals surface area contributed by atoms with Crippen molar-refractivity contribution in [2.75, 3.05) is 13.1 Å². The minimum atomic E-state index is -4.20. The van der Waals surface area contributed by atoms with Gasteiger partial charge in [0.2, 0.25) is 23.5 Å². The zero-order valence-corrected chi connectivity index (χ0v) is 32.4. The third-order valence-corrected chi connectivity index (χ3v) is 12.3. The van der Waals surface area contributed by atoms with Gasteiger partial charge in [0.1, 0.15) is 18.1 Å². The molecule has 2 heterocycles. The molecule has 288 valence electrons. The summed E-state index contributed by atoms with van der Waals surface area (Å²) in [5.74, 6) is -3.19. The van der Waals surface area contributed by atoms with Crippen LogP contribution in [0, 0.1) is 28.6 Å². The van der Waals surface area contributed by atoms with Gasteiger partial charge >= 0.3 is 0 Å². The summed E-state index contributed by atoms with van der Waals surface area (Å²) < 4.78 is 29.7. The molecule has 14 heteroatoms. The molecule has 3 aliphatic rings. The van der Waals surface area contributed by atoms with Crippen LogP contribution in [0.25, 0.3) is 0 Å². The zero-order valence-electron chi connectivity index (χ0n) is 31.6. The van der Waals surface area contributed by atoms with Crippen LogP contribution < -0.4 is 20.7 Å². The first kappa shape index (κ1) is 41.1. The van der Waals surface area contributed by atoms with Gasteiger partial charge in [-0.25, -0.2) is 13.4 Å². The number of nitrogens with one attached hydrogen (secondary N) is 4. The minimum absolute atomic E-state index is 0.00124. The molecule has 1 saturated heterocycles. The largest absolute Gasteiger partial charge is 0.346 e. The number of aromatic nitrogens is 1. The first-order chi connectivity index (χ1) is 24.4. The lowest BCUT2D eigenvalue weighted by Gasteiger charge is -2.42. The van der Waals surface area contributed by atoms with Crippen molar-refractivity contribution in [3.8, 4) is 0 Å². The van der Waals surface area contributed by atoms with Gasteiger partial charge in [-0.3, -0.25) is 24.0 Å². The molecule has 2 aliphatic carbocycles. The third-order valence-electron chi connectivity index (χ3n) is 10.9. The fourth-order valence-corrected chi connectivity index (χ4v) is 8.89. The fraction of sp³-hybridized carbons (Fsp3) is 0.684. The number of Topliss-reactive ketones (excluding diaryl/α,β-unsaturated/α-hetero) is 1. The Morgan fingerprint density at radius 1 is 1.04 bits per heavy atom. The van der Waals surface area contributed by atoms with Gasteiger partial charge in [0, 0.05) is 19.3 Å². The average molecular weight is 743 g/mol. The number of rotatable bonds is 16. The van der Waals surface area contributed by atoms with Crippen LogP contribution in [0.5, 0.6) is 0 Å². The summed E-state index contributed by atoms with van der Waals surface area (Å²) in [6.45, 7) is 15.2. The fourth-order valence-electron chi connectivity index (χ4n) is 7.61. The molecule has 3 fully saturated rings. The molecule has 4 amide bonds. The summed E-state index contributed by atoms with van der Waals surface area (Å²) >= 11 is 0. The van der Waals surface area contributed by atoms with Crippen LogP contribution in [0.2, 0.25) is 0 Å². The molecule has 0 aromatic carbocycles. The summed E-state index contributed by atoms with van der Waals surface area (Å²) in [5, 5.41) is 8.07. The number of amides is 4. The van der Waals surface area contributed by atoms with Crippen molar-refractivity contribution in [3.63, 3.8) is 0 Å². The number of ketones is 1. The SMILES string of the molecule is C=CCNC(=O)C(=O)C(CC1CC1)NC(=O)[C@@H]1[C@@H](C(C)C)CCN1C(=O)[C@@H](NC(=O)[C@@H](NS(=O)(=O)c1ccccn1)C1(C)CCCCC1)C(C)(C)C. The predicted molar refractivity (Wildman–Crippen MR) is 197 cm³/mol. The Morgan fingerprint density at radius 2 is 1.71 bits per heavy atom. The highest BCUT2D eigenvalue weighted by atomic mass is 32.2. The molecular weight excluding hydrogens is 685 g/mol. The van der Waals surface area contributed by atoms with Crippen molar-refractivity contribution in [2.45, 2.75) is 129 Å². The summed E-state index contributed by atoms with van der Waals surface area (Å²) in [4.78, 5) is 74.6. The van der Waals surface area contributed by atoms with E-state index < -0.39 is 74.4 Å². The Morgan fingerprint density at radius 3 is 2.27 bits per heavy atom. The van der Waals surface area contributed by atoms with E-state index in [1.807, 2.05) is 41.5 Å². The molecule has 0 radical (unpaired) electrons. The Hall–Kier alpha value is -3.65. The van der Waals surface area contributed by atoms with Crippen LogP contribution >= 0.6 is 0 Å². The van der Waals surface area contributed by atoms with Crippen molar-refractivity contribution in [2.24, 2.45) is 28.6 Å². The second-order valence-electron chi connectivity index (χ2n) is 16.5. The normalized spacial score (nSPS) is 22.2. The molecule has 0 bridgehead atoms. The molecule has 5 atom stereocenters. The number of hydrogen-bond acceptors (Lipinski definition) is 8. The number of hydrogen-bond donors (Lipinski definition) is 4. The van der Waals surface area contributed by atoms with Gasteiger partial charge in [-0.15, -0.1) is 6.58 Å². The number of sulfonamides is 1. The highest BCUT2D eigenvalue weighted by Gasteiger charge is 2.50. The highest BCUT2D eigenvalue weighted by molar-refractivity contribution is 7.89. The number of nitrogens with zero attached hydrogens (tertiary/aromatic N) is 2. The van der Waals surface area contributed by atoms with Gasteiger partial charge in [-0.1, -0.05) is 85.8 Å². The van der Waals surface area contributed by atoms with Crippen molar-refractivity contribution < 1.29 is 32.4 Å². The molecule has 0 spiro atoms. The first-order valence-electron chi connectivity index (χ1n) is 18.7. The number of likely N-dealkylation sites (tertiary alicyclic amines) is 1. The molecule has 1 aliphatic heterocycles. The van der Waals surface area contributed by atoms with E-state index in [1.165, 1.54) is 23.2 Å². The van der Waals surface area contributed by atoms with Crippen LogP contribution in [0.4, 0.5) is 0 Å². The molecule has 2 saturated carbocycles. The molecule has 1 aromatic heterocycles. The quantitative estimate of drug-likeness (QED) is 0.147. The van der Waals surface area contributed by atoms with E-state index in [2.05, 4.69) is 32.2 Å². The van der Waals surface area contributed by atoms with Crippen LogP contribution in [-0.2, 0) is 34.0 Å². The molecule has 1 aromatic rings. The monoisotopic (exact) mass is 742 g/mol. The van der Waals surface area contributed by atoms with Gasteiger partial charge in [-0.05, 0) is 66.4 Å². The Labute approximate surface area is 309 Å². The van der Waals surface area contributed by atoms with E-state index in [9.17, 15) is 32.4 Å². The van der Waals surface area contributed by atoms with E-state index in [1.54, 1.807) is 12.1 Å². The zero-order chi connectivity index (χ0) is 38.4.